The van der Waals surface area contributed by atoms with Crippen LogP contribution in [0.25, 0.3) is 0 Å². The average Bonchev–Trinajstić information content (AvgIpc) is 2.83. The van der Waals surface area contributed by atoms with Gasteiger partial charge in [0.2, 0.25) is 0 Å². The fourth-order valence-electron chi connectivity index (χ4n) is 2.41. The van der Waals surface area contributed by atoms with Crippen molar-refractivity contribution >= 4 is 22.9 Å². The standard InChI is InChI=1S/C17H23N3OS/c1-11(16-12(2)22-13(3)18-16)20(6)17(21)14-8-7-9-15(10-14)19(4)5/h7-11H,1-6H3/t11-/m1/s1. The molecule has 4 nitrogen and oxygen atoms in total. The number of thiazole rings is 1. The number of aromatic nitrogens is 1. The second kappa shape index (κ2) is 6.48. The highest BCUT2D eigenvalue weighted by atomic mass is 32.1. The molecule has 1 heterocycles. The molecular formula is C17H23N3OS. The first-order valence-electron chi connectivity index (χ1n) is 7.29. The number of carbonyl (C=O) groups is 1. The van der Waals surface area contributed by atoms with E-state index >= 15 is 0 Å². The van der Waals surface area contributed by atoms with Gasteiger partial charge in [-0.2, -0.15) is 0 Å². The van der Waals surface area contributed by atoms with Crippen molar-refractivity contribution in [3.8, 4) is 0 Å². The number of hydrogen-bond donors (Lipinski definition) is 0. The summed E-state index contributed by atoms with van der Waals surface area (Å²) in [5, 5.41) is 1.04. The number of hydrogen-bond acceptors (Lipinski definition) is 4. The van der Waals surface area contributed by atoms with Gasteiger partial charge in [-0.3, -0.25) is 4.79 Å². The fourth-order valence-corrected chi connectivity index (χ4v) is 3.32. The summed E-state index contributed by atoms with van der Waals surface area (Å²) in [6.07, 6.45) is 0. The lowest BCUT2D eigenvalue weighted by molar-refractivity contribution is 0.0740. The zero-order valence-corrected chi connectivity index (χ0v) is 14.9. The van der Waals surface area contributed by atoms with Gasteiger partial charge >= 0.3 is 0 Å². The molecule has 0 N–H and O–H groups in total. The quantitative estimate of drug-likeness (QED) is 0.863. The minimum Gasteiger partial charge on any atom is -0.378 e. The first-order chi connectivity index (χ1) is 10.3. The van der Waals surface area contributed by atoms with Gasteiger partial charge < -0.3 is 9.80 Å². The molecule has 2 rings (SSSR count). The maximum absolute atomic E-state index is 12.7. The molecule has 0 aliphatic heterocycles. The molecule has 0 fully saturated rings. The molecule has 1 atom stereocenters. The summed E-state index contributed by atoms with van der Waals surface area (Å²) in [6.45, 7) is 6.08. The van der Waals surface area contributed by atoms with Crippen LogP contribution in [0.5, 0.6) is 0 Å². The first kappa shape index (κ1) is 16.5. The molecule has 1 aromatic carbocycles. The molecule has 0 aliphatic rings. The summed E-state index contributed by atoms with van der Waals surface area (Å²) in [5.74, 6) is 0.0150. The molecule has 0 unspecified atom stereocenters. The second-order valence-corrected chi connectivity index (χ2v) is 7.12. The van der Waals surface area contributed by atoms with Crippen LogP contribution in [-0.2, 0) is 0 Å². The Labute approximate surface area is 136 Å². The number of nitrogens with zero attached hydrogens (tertiary/aromatic N) is 3. The van der Waals surface area contributed by atoms with Gasteiger partial charge in [-0.1, -0.05) is 6.07 Å². The van der Waals surface area contributed by atoms with Gasteiger partial charge in [0.15, 0.2) is 0 Å². The summed E-state index contributed by atoms with van der Waals surface area (Å²) in [4.78, 5) is 22.2. The number of benzene rings is 1. The molecule has 0 aliphatic carbocycles. The van der Waals surface area contributed by atoms with Crippen LogP contribution in [0.15, 0.2) is 24.3 Å². The molecule has 1 aromatic heterocycles. The molecule has 2 aromatic rings. The smallest absolute Gasteiger partial charge is 0.254 e. The molecule has 0 spiro atoms. The van der Waals surface area contributed by atoms with Gasteiger partial charge in [0.25, 0.3) is 5.91 Å². The Kier molecular flexibility index (Phi) is 4.86. The average molecular weight is 317 g/mol. The molecule has 0 saturated heterocycles. The van der Waals surface area contributed by atoms with Crippen molar-refractivity contribution in [3.05, 3.63) is 45.4 Å². The number of rotatable bonds is 4. The normalized spacial score (nSPS) is 12.1. The molecule has 0 saturated carbocycles. The monoisotopic (exact) mass is 317 g/mol. The van der Waals surface area contributed by atoms with Crippen molar-refractivity contribution in [2.45, 2.75) is 26.8 Å². The Morgan fingerprint density at radius 1 is 1.23 bits per heavy atom. The third kappa shape index (κ3) is 3.30. The highest BCUT2D eigenvalue weighted by Crippen LogP contribution is 2.27. The van der Waals surface area contributed by atoms with E-state index in [1.54, 1.807) is 16.2 Å². The Morgan fingerprint density at radius 2 is 1.91 bits per heavy atom. The first-order valence-corrected chi connectivity index (χ1v) is 8.11. The third-order valence-corrected chi connectivity index (χ3v) is 4.75. The van der Waals surface area contributed by atoms with Crippen LogP contribution in [0, 0.1) is 13.8 Å². The number of carbonyl (C=O) groups excluding carboxylic acids is 1. The van der Waals surface area contributed by atoms with Crippen molar-refractivity contribution in [2.75, 3.05) is 26.0 Å². The van der Waals surface area contributed by atoms with E-state index in [4.69, 9.17) is 0 Å². The van der Waals surface area contributed by atoms with Crippen LogP contribution in [0.3, 0.4) is 0 Å². The maximum Gasteiger partial charge on any atom is 0.254 e. The van der Waals surface area contributed by atoms with Gasteiger partial charge in [0, 0.05) is 37.3 Å². The third-order valence-electron chi connectivity index (χ3n) is 3.85. The van der Waals surface area contributed by atoms with E-state index in [9.17, 15) is 4.79 Å². The molecule has 1 amide bonds. The minimum absolute atomic E-state index is 0.0150. The molecule has 22 heavy (non-hydrogen) atoms. The van der Waals surface area contributed by atoms with Crippen LogP contribution < -0.4 is 4.90 Å². The van der Waals surface area contributed by atoms with Crippen LogP contribution in [0.4, 0.5) is 5.69 Å². The highest BCUT2D eigenvalue weighted by Gasteiger charge is 2.22. The Bertz CT molecular complexity index is 678. The van der Waals surface area contributed by atoms with Crippen LogP contribution in [0.1, 0.15) is 38.9 Å². The van der Waals surface area contributed by atoms with Gasteiger partial charge in [0.05, 0.1) is 16.7 Å². The molecule has 118 valence electrons. The highest BCUT2D eigenvalue weighted by molar-refractivity contribution is 7.11. The van der Waals surface area contributed by atoms with Crippen LogP contribution in [-0.4, -0.2) is 36.9 Å². The molecule has 0 bridgehead atoms. The Hall–Kier alpha value is -1.88. The van der Waals surface area contributed by atoms with Gasteiger partial charge in [-0.15, -0.1) is 11.3 Å². The van der Waals surface area contributed by atoms with E-state index in [0.717, 1.165) is 16.4 Å². The number of anilines is 1. The summed E-state index contributed by atoms with van der Waals surface area (Å²) in [7, 11) is 5.78. The zero-order chi connectivity index (χ0) is 16.4. The fraction of sp³-hybridized carbons (Fsp3) is 0.412. The Balaban J connectivity index is 2.25. The lowest BCUT2D eigenvalue weighted by atomic mass is 10.1. The van der Waals surface area contributed by atoms with Crippen molar-refractivity contribution in [1.29, 1.82) is 0 Å². The number of amides is 1. The van der Waals surface area contributed by atoms with Gasteiger partial charge in [-0.05, 0) is 39.0 Å². The molecule has 0 radical (unpaired) electrons. The molecule has 5 heteroatoms. The predicted octanol–water partition coefficient (Wildman–Crippen LogP) is 3.66. The van der Waals surface area contributed by atoms with Crippen molar-refractivity contribution < 1.29 is 4.79 Å². The minimum atomic E-state index is -0.0412. The summed E-state index contributed by atoms with van der Waals surface area (Å²) < 4.78 is 0. The summed E-state index contributed by atoms with van der Waals surface area (Å²) in [6, 6.07) is 7.65. The van der Waals surface area contributed by atoms with Crippen LogP contribution in [0.2, 0.25) is 0 Å². The van der Waals surface area contributed by atoms with E-state index in [1.807, 2.05) is 64.2 Å². The lowest BCUT2D eigenvalue weighted by Crippen LogP contribution is -2.30. The zero-order valence-electron chi connectivity index (χ0n) is 14.0. The number of aryl methyl sites for hydroxylation is 2. The molecular weight excluding hydrogens is 294 g/mol. The van der Waals surface area contributed by atoms with Gasteiger partial charge in [-0.25, -0.2) is 4.98 Å². The second-order valence-electron chi connectivity index (χ2n) is 5.71. The van der Waals surface area contributed by atoms with Crippen LogP contribution >= 0.6 is 11.3 Å². The topological polar surface area (TPSA) is 36.4 Å². The van der Waals surface area contributed by atoms with E-state index in [1.165, 1.54) is 4.88 Å². The summed E-state index contributed by atoms with van der Waals surface area (Å²) in [5.41, 5.74) is 2.71. The largest absolute Gasteiger partial charge is 0.378 e. The van der Waals surface area contributed by atoms with Crippen molar-refractivity contribution in [3.63, 3.8) is 0 Å². The SMILES string of the molecule is Cc1nc([C@@H](C)N(C)C(=O)c2cccc(N(C)C)c2)c(C)s1. The Morgan fingerprint density at radius 3 is 2.45 bits per heavy atom. The van der Waals surface area contributed by atoms with E-state index < -0.39 is 0 Å². The van der Waals surface area contributed by atoms with E-state index in [2.05, 4.69) is 11.9 Å². The predicted molar refractivity (Wildman–Crippen MR) is 92.9 cm³/mol. The van der Waals surface area contributed by atoms with Crippen molar-refractivity contribution in [1.82, 2.24) is 9.88 Å². The lowest BCUT2D eigenvalue weighted by Gasteiger charge is -2.25. The van der Waals surface area contributed by atoms with Gasteiger partial charge in [0.1, 0.15) is 0 Å². The maximum atomic E-state index is 12.7. The van der Waals surface area contributed by atoms with E-state index in [-0.39, 0.29) is 11.9 Å². The summed E-state index contributed by atoms with van der Waals surface area (Å²) >= 11 is 1.67. The van der Waals surface area contributed by atoms with Crippen molar-refractivity contribution in [2.24, 2.45) is 0 Å². The van der Waals surface area contributed by atoms with E-state index in [0.29, 0.717) is 5.56 Å².